The van der Waals surface area contributed by atoms with Crippen molar-refractivity contribution in [2.45, 2.75) is 17.9 Å². The normalized spacial score (nSPS) is 11.7. The molecule has 84 valence electrons. The van der Waals surface area contributed by atoms with Gasteiger partial charge in [0.15, 0.2) is 5.16 Å². The summed E-state index contributed by atoms with van der Waals surface area (Å²) < 4.78 is 36.7. The molecule has 0 saturated carbocycles. The summed E-state index contributed by atoms with van der Waals surface area (Å²) in [5.41, 5.74) is 0. The van der Waals surface area contributed by atoms with E-state index in [1.165, 1.54) is 0 Å². The zero-order chi connectivity index (χ0) is 11.5. The minimum Gasteiger partial charge on any atom is -0.481 e. The molecule has 0 unspecified atom stereocenters. The van der Waals surface area contributed by atoms with Crippen molar-refractivity contribution in [2.75, 3.05) is 5.75 Å². The predicted molar refractivity (Wildman–Crippen MR) is 44.4 cm³/mol. The highest BCUT2D eigenvalue weighted by Crippen LogP contribution is 2.21. The maximum absolute atomic E-state index is 12.0. The van der Waals surface area contributed by atoms with Crippen molar-refractivity contribution in [3.63, 3.8) is 0 Å². The number of nitrogens with zero attached hydrogens (tertiary/aromatic N) is 3. The number of carboxylic acid groups (broad SMARTS) is 1. The largest absolute Gasteiger partial charge is 0.481 e. The monoisotopic (exact) mass is 241 g/mol. The van der Waals surface area contributed by atoms with Crippen molar-refractivity contribution in [3.8, 4) is 0 Å². The molecule has 0 aliphatic carbocycles. The molecule has 0 aromatic carbocycles. The van der Waals surface area contributed by atoms with Gasteiger partial charge in [-0.3, -0.25) is 9.36 Å². The first-order chi connectivity index (χ1) is 6.88. The van der Waals surface area contributed by atoms with Crippen LogP contribution in [0.3, 0.4) is 0 Å². The number of rotatable bonds is 4. The van der Waals surface area contributed by atoms with E-state index in [0.717, 1.165) is 10.9 Å². The van der Waals surface area contributed by atoms with Gasteiger partial charge in [0.1, 0.15) is 12.9 Å². The van der Waals surface area contributed by atoms with E-state index in [4.69, 9.17) is 5.11 Å². The van der Waals surface area contributed by atoms with Crippen LogP contribution < -0.4 is 0 Å². The minimum absolute atomic E-state index is 0.0604. The van der Waals surface area contributed by atoms with E-state index in [-0.39, 0.29) is 10.9 Å². The molecule has 0 bridgehead atoms. The first-order valence-corrected chi connectivity index (χ1v) is 4.66. The number of aliphatic carboxylic acids is 1. The van der Waals surface area contributed by atoms with Gasteiger partial charge >= 0.3 is 12.1 Å². The maximum atomic E-state index is 12.0. The Labute approximate surface area is 86.3 Å². The van der Waals surface area contributed by atoms with E-state index in [1.54, 1.807) is 0 Å². The van der Waals surface area contributed by atoms with E-state index in [9.17, 15) is 18.0 Å². The van der Waals surface area contributed by atoms with E-state index in [0.29, 0.717) is 11.8 Å². The van der Waals surface area contributed by atoms with Gasteiger partial charge in [-0.1, -0.05) is 11.8 Å². The molecule has 1 heterocycles. The molecule has 1 aromatic rings. The van der Waals surface area contributed by atoms with Crippen molar-refractivity contribution >= 4 is 17.7 Å². The predicted octanol–water partition coefficient (Wildman–Crippen LogP) is 1.02. The molecule has 0 saturated heterocycles. The Bertz CT molecular complexity index is 352. The van der Waals surface area contributed by atoms with E-state index < -0.39 is 18.7 Å². The second kappa shape index (κ2) is 4.51. The van der Waals surface area contributed by atoms with Crippen LogP contribution in [0.15, 0.2) is 11.5 Å². The molecule has 0 amide bonds. The van der Waals surface area contributed by atoms with Crippen molar-refractivity contribution in [2.24, 2.45) is 0 Å². The summed E-state index contributed by atoms with van der Waals surface area (Å²) >= 11 is 0.692. The van der Waals surface area contributed by atoms with Crippen LogP contribution in [0, 0.1) is 0 Å². The second-order valence-corrected chi connectivity index (χ2v) is 3.48. The zero-order valence-corrected chi connectivity index (χ0v) is 8.05. The van der Waals surface area contributed by atoms with Gasteiger partial charge < -0.3 is 5.11 Å². The Morgan fingerprint density at radius 2 is 2.27 bits per heavy atom. The highest BCUT2D eigenvalue weighted by Gasteiger charge is 2.29. The molecule has 0 aliphatic rings. The third kappa shape index (κ3) is 4.19. The Hall–Kier alpha value is -1.25. The first-order valence-electron chi connectivity index (χ1n) is 3.67. The average Bonchev–Trinajstić information content (AvgIpc) is 2.45. The summed E-state index contributed by atoms with van der Waals surface area (Å²) in [5.74, 6) is -1.47. The van der Waals surface area contributed by atoms with Crippen LogP contribution in [-0.4, -0.2) is 37.8 Å². The van der Waals surface area contributed by atoms with Crippen LogP contribution in [0.2, 0.25) is 0 Å². The van der Waals surface area contributed by atoms with Crippen LogP contribution in [0.25, 0.3) is 0 Å². The average molecular weight is 241 g/mol. The lowest BCUT2D eigenvalue weighted by atomic mass is 10.6. The van der Waals surface area contributed by atoms with Gasteiger partial charge in [0.25, 0.3) is 0 Å². The smallest absolute Gasteiger partial charge is 0.406 e. The molecular formula is C6H6F3N3O2S. The number of alkyl halides is 3. The number of carbonyl (C=O) groups is 1. The Morgan fingerprint density at radius 3 is 2.80 bits per heavy atom. The van der Waals surface area contributed by atoms with Gasteiger partial charge in [0.2, 0.25) is 0 Å². The van der Waals surface area contributed by atoms with Crippen LogP contribution in [0.4, 0.5) is 13.2 Å². The standard InChI is InChI=1S/C6H6F3N3O2S/c7-6(8,9)2-12-3-10-11-5(12)15-1-4(13)14/h3H,1-2H2,(H,13,14). The SMILES string of the molecule is O=C(O)CSc1nncn1CC(F)(F)F. The van der Waals surface area contributed by atoms with Crippen molar-refractivity contribution < 1.29 is 23.1 Å². The number of thioether (sulfide) groups is 1. The number of carboxylic acids is 1. The molecule has 0 fully saturated rings. The summed E-state index contributed by atoms with van der Waals surface area (Å²) in [6, 6.07) is 0. The highest BCUT2D eigenvalue weighted by molar-refractivity contribution is 7.99. The van der Waals surface area contributed by atoms with Crippen molar-refractivity contribution in [1.29, 1.82) is 0 Å². The topological polar surface area (TPSA) is 68.0 Å². The molecule has 1 N–H and O–H groups in total. The zero-order valence-electron chi connectivity index (χ0n) is 7.23. The lowest BCUT2D eigenvalue weighted by Crippen LogP contribution is -2.18. The van der Waals surface area contributed by atoms with Gasteiger partial charge in [-0.05, 0) is 0 Å². The van der Waals surface area contributed by atoms with Gasteiger partial charge in [0, 0.05) is 0 Å². The second-order valence-electron chi connectivity index (χ2n) is 2.54. The van der Waals surface area contributed by atoms with Crippen LogP contribution in [0.5, 0.6) is 0 Å². The molecular weight excluding hydrogens is 235 g/mol. The fourth-order valence-electron chi connectivity index (χ4n) is 0.784. The van der Waals surface area contributed by atoms with Crippen LogP contribution in [-0.2, 0) is 11.3 Å². The summed E-state index contributed by atoms with van der Waals surface area (Å²) in [5, 5.41) is 14.9. The van der Waals surface area contributed by atoms with Gasteiger partial charge in [-0.25, -0.2) is 0 Å². The fraction of sp³-hybridized carbons (Fsp3) is 0.500. The third-order valence-electron chi connectivity index (χ3n) is 1.25. The van der Waals surface area contributed by atoms with Crippen molar-refractivity contribution in [1.82, 2.24) is 14.8 Å². The minimum atomic E-state index is -4.37. The molecule has 0 spiro atoms. The molecule has 0 aliphatic heterocycles. The van der Waals surface area contributed by atoms with Crippen molar-refractivity contribution in [3.05, 3.63) is 6.33 Å². The van der Waals surface area contributed by atoms with Gasteiger partial charge in [-0.2, -0.15) is 13.2 Å². The first kappa shape index (κ1) is 11.8. The molecule has 1 rings (SSSR count). The van der Waals surface area contributed by atoms with Crippen LogP contribution >= 0.6 is 11.8 Å². The summed E-state index contributed by atoms with van der Waals surface area (Å²) in [4.78, 5) is 10.2. The third-order valence-corrected chi connectivity index (χ3v) is 2.22. The number of hydrogen-bond donors (Lipinski definition) is 1. The number of halogens is 3. The summed E-state index contributed by atoms with van der Waals surface area (Å²) in [6.07, 6.45) is -3.46. The Kier molecular flexibility index (Phi) is 3.56. The van der Waals surface area contributed by atoms with Gasteiger partial charge in [-0.15, -0.1) is 10.2 Å². The number of aromatic nitrogens is 3. The van der Waals surface area contributed by atoms with E-state index >= 15 is 0 Å². The molecule has 1 aromatic heterocycles. The lowest BCUT2D eigenvalue weighted by Gasteiger charge is -2.08. The maximum Gasteiger partial charge on any atom is 0.406 e. The lowest BCUT2D eigenvalue weighted by molar-refractivity contribution is -0.142. The molecule has 5 nitrogen and oxygen atoms in total. The Balaban J connectivity index is 2.65. The van der Waals surface area contributed by atoms with Crippen LogP contribution in [0.1, 0.15) is 0 Å². The quantitative estimate of drug-likeness (QED) is 0.797. The van der Waals surface area contributed by atoms with Gasteiger partial charge in [0.05, 0.1) is 5.75 Å². The molecule has 0 radical (unpaired) electrons. The Morgan fingerprint density at radius 1 is 1.60 bits per heavy atom. The molecule has 15 heavy (non-hydrogen) atoms. The highest BCUT2D eigenvalue weighted by atomic mass is 32.2. The summed E-state index contributed by atoms with van der Waals surface area (Å²) in [7, 11) is 0. The fourth-order valence-corrected chi connectivity index (χ4v) is 1.42. The molecule has 9 heteroatoms. The van der Waals surface area contributed by atoms with E-state index in [1.807, 2.05) is 0 Å². The molecule has 0 atom stereocenters. The summed E-state index contributed by atoms with van der Waals surface area (Å²) in [6.45, 7) is -1.22. The number of hydrogen-bond acceptors (Lipinski definition) is 4. The van der Waals surface area contributed by atoms with E-state index in [2.05, 4.69) is 10.2 Å².